The Morgan fingerprint density at radius 2 is 1.77 bits per heavy atom. The molecule has 0 saturated carbocycles. The topological polar surface area (TPSA) is 26.0 Å². The fraction of sp³-hybridized carbons (Fsp3) is 0.455. The number of benzene rings is 1. The van der Waals surface area contributed by atoms with Gasteiger partial charge in [0.2, 0.25) is 0 Å². The molecule has 1 rings (SSSR count). The van der Waals surface area contributed by atoms with E-state index in [-0.39, 0.29) is 6.04 Å². The van der Waals surface area contributed by atoms with Crippen LogP contribution in [0.2, 0.25) is 0 Å². The van der Waals surface area contributed by atoms with Gasteiger partial charge in [0, 0.05) is 10.5 Å². The molecule has 2 heteroatoms. The van der Waals surface area contributed by atoms with E-state index in [2.05, 4.69) is 42.8 Å². The number of nitrogens with two attached hydrogens (primary N) is 1. The Morgan fingerprint density at radius 3 is 2.23 bits per heavy atom. The van der Waals surface area contributed by atoms with Gasteiger partial charge in [-0.05, 0) is 49.9 Å². The molecule has 0 saturated heterocycles. The smallest absolute Gasteiger partial charge is 0.0271 e. The van der Waals surface area contributed by atoms with Crippen LogP contribution in [-0.4, -0.2) is 0 Å². The molecule has 1 aromatic carbocycles. The zero-order valence-corrected chi connectivity index (χ0v) is 10.2. The normalized spacial score (nSPS) is 13.1. The zero-order chi connectivity index (χ0) is 10.2. The van der Waals surface area contributed by atoms with E-state index in [1.807, 2.05) is 6.92 Å². The lowest BCUT2D eigenvalue weighted by Gasteiger charge is -2.16. The Balaban J connectivity index is 3.44. The first kappa shape index (κ1) is 10.7. The predicted molar refractivity (Wildman–Crippen MR) is 61.0 cm³/mol. The van der Waals surface area contributed by atoms with E-state index in [4.69, 9.17) is 5.73 Å². The number of aryl methyl sites for hydroxylation is 2. The molecule has 0 radical (unpaired) electrons. The van der Waals surface area contributed by atoms with Crippen molar-refractivity contribution in [1.82, 2.24) is 0 Å². The Bertz CT molecular complexity index is 329. The minimum Gasteiger partial charge on any atom is -0.324 e. The van der Waals surface area contributed by atoms with Gasteiger partial charge < -0.3 is 5.73 Å². The van der Waals surface area contributed by atoms with Gasteiger partial charge in [0.05, 0.1) is 0 Å². The second kappa shape index (κ2) is 3.81. The SMILES string of the molecule is Cc1cc(C)c([C@@H](C)N)c(C)c1Br. The first-order valence-corrected chi connectivity index (χ1v) is 5.26. The van der Waals surface area contributed by atoms with E-state index in [0.29, 0.717) is 0 Å². The van der Waals surface area contributed by atoms with E-state index in [0.717, 1.165) is 0 Å². The second-order valence-corrected chi connectivity index (χ2v) is 4.44. The average molecular weight is 242 g/mol. The van der Waals surface area contributed by atoms with Gasteiger partial charge in [-0.2, -0.15) is 0 Å². The Labute approximate surface area is 88.5 Å². The van der Waals surface area contributed by atoms with Crippen LogP contribution in [0, 0.1) is 20.8 Å². The maximum atomic E-state index is 5.91. The molecule has 1 nitrogen and oxygen atoms in total. The molecule has 0 spiro atoms. The molecule has 0 aliphatic heterocycles. The average Bonchev–Trinajstić information content (AvgIpc) is 1.99. The van der Waals surface area contributed by atoms with Crippen LogP contribution in [0.4, 0.5) is 0 Å². The maximum absolute atomic E-state index is 5.91. The van der Waals surface area contributed by atoms with Crippen molar-refractivity contribution in [3.05, 3.63) is 32.8 Å². The van der Waals surface area contributed by atoms with Gasteiger partial charge in [0.15, 0.2) is 0 Å². The highest BCUT2D eigenvalue weighted by atomic mass is 79.9. The van der Waals surface area contributed by atoms with Crippen molar-refractivity contribution in [3.63, 3.8) is 0 Å². The highest BCUT2D eigenvalue weighted by Crippen LogP contribution is 2.29. The van der Waals surface area contributed by atoms with Crippen LogP contribution in [0.1, 0.15) is 35.2 Å². The summed E-state index contributed by atoms with van der Waals surface area (Å²) in [4.78, 5) is 0. The summed E-state index contributed by atoms with van der Waals surface area (Å²) in [7, 11) is 0. The van der Waals surface area contributed by atoms with Crippen LogP contribution < -0.4 is 5.73 Å². The van der Waals surface area contributed by atoms with E-state index < -0.39 is 0 Å². The Morgan fingerprint density at radius 1 is 1.23 bits per heavy atom. The van der Waals surface area contributed by atoms with Crippen molar-refractivity contribution in [1.29, 1.82) is 0 Å². The lowest BCUT2D eigenvalue weighted by molar-refractivity contribution is 0.799. The summed E-state index contributed by atoms with van der Waals surface area (Å²) in [5.74, 6) is 0. The van der Waals surface area contributed by atoms with E-state index in [1.165, 1.54) is 26.7 Å². The van der Waals surface area contributed by atoms with Crippen LogP contribution in [-0.2, 0) is 0 Å². The molecule has 1 aromatic rings. The van der Waals surface area contributed by atoms with Crippen molar-refractivity contribution in [2.75, 3.05) is 0 Å². The number of rotatable bonds is 1. The van der Waals surface area contributed by atoms with Crippen LogP contribution >= 0.6 is 15.9 Å². The van der Waals surface area contributed by atoms with Gasteiger partial charge in [-0.3, -0.25) is 0 Å². The third kappa shape index (κ3) is 1.94. The van der Waals surface area contributed by atoms with Crippen LogP contribution in [0.3, 0.4) is 0 Å². The molecule has 0 fully saturated rings. The van der Waals surface area contributed by atoms with E-state index >= 15 is 0 Å². The first-order chi connectivity index (χ1) is 5.95. The summed E-state index contributed by atoms with van der Waals surface area (Å²) < 4.78 is 1.19. The number of halogens is 1. The van der Waals surface area contributed by atoms with Crippen LogP contribution in [0.25, 0.3) is 0 Å². The zero-order valence-electron chi connectivity index (χ0n) is 8.61. The van der Waals surface area contributed by atoms with Gasteiger partial charge in [-0.1, -0.05) is 22.0 Å². The van der Waals surface area contributed by atoms with Gasteiger partial charge in [-0.15, -0.1) is 0 Å². The fourth-order valence-corrected chi connectivity index (χ4v) is 2.20. The lowest BCUT2D eigenvalue weighted by Crippen LogP contribution is -2.10. The van der Waals surface area contributed by atoms with Crippen LogP contribution in [0.15, 0.2) is 10.5 Å². The van der Waals surface area contributed by atoms with Crippen LogP contribution in [0.5, 0.6) is 0 Å². The lowest BCUT2D eigenvalue weighted by atomic mass is 9.95. The molecule has 0 aliphatic carbocycles. The highest BCUT2D eigenvalue weighted by molar-refractivity contribution is 9.10. The second-order valence-electron chi connectivity index (χ2n) is 3.65. The molecule has 13 heavy (non-hydrogen) atoms. The van der Waals surface area contributed by atoms with Crippen molar-refractivity contribution in [2.45, 2.75) is 33.7 Å². The molecule has 2 N–H and O–H groups in total. The quantitative estimate of drug-likeness (QED) is 0.802. The standard InChI is InChI=1S/C11H16BrN/c1-6-5-7(2)11(12)8(3)10(6)9(4)13/h5,9H,13H2,1-4H3/t9-/m1/s1. The predicted octanol–water partition coefficient (Wildman–Crippen LogP) is 3.39. The Kier molecular flexibility index (Phi) is 3.14. The van der Waals surface area contributed by atoms with Crippen molar-refractivity contribution >= 4 is 15.9 Å². The van der Waals surface area contributed by atoms with E-state index in [1.54, 1.807) is 0 Å². The molecule has 0 aromatic heterocycles. The first-order valence-electron chi connectivity index (χ1n) is 4.47. The summed E-state index contributed by atoms with van der Waals surface area (Å²) in [6.45, 7) is 8.36. The van der Waals surface area contributed by atoms with Gasteiger partial charge in [0.1, 0.15) is 0 Å². The maximum Gasteiger partial charge on any atom is 0.0271 e. The molecule has 0 unspecified atom stereocenters. The molecule has 0 amide bonds. The fourth-order valence-electron chi connectivity index (χ4n) is 1.88. The summed E-state index contributed by atoms with van der Waals surface area (Å²) in [6, 6.07) is 2.28. The van der Waals surface area contributed by atoms with E-state index in [9.17, 15) is 0 Å². The van der Waals surface area contributed by atoms with Crippen molar-refractivity contribution < 1.29 is 0 Å². The molecular weight excluding hydrogens is 226 g/mol. The Hall–Kier alpha value is -0.340. The summed E-state index contributed by atoms with van der Waals surface area (Å²) >= 11 is 3.58. The largest absolute Gasteiger partial charge is 0.324 e. The molecule has 0 bridgehead atoms. The molecule has 0 heterocycles. The van der Waals surface area contributed by atoms with Crippen molar-refractivity contribution in [2.24, 2.45) is 5.73 Å². The molecule has 0 aliphatic rings. The third-order valence-electron chi connectivity index (χ3n) is 2.39. The summed E-state index contributed by atoms with van der Waals surface area (Å²) in [5.41, 5.74) is 11.0. The van der Waals surface area contributed by atoms with Gasteiger partial charge in [0.25, 0.3) is 0 Å². The van der Waals surface area contributed by atoms with Crippen molar-refractivity contribution in [3.8, 4) is 0 Å². The number of hydrogen-bond acceptors (Lipinski definition) is 1. The minimum atomic E-state index is 0.108. The monoisotopic (exact) mass is 241 g/mol. The third-order valence-corrected chi connectivity index (χ3v) is 3.61. The summed E-state index contributed by atoms with van der Waals surface area (Å²) in [5, 5.41) is 0. The summed E-state index contributed by atoms with van der Waals surface area (Å²) in [6.07, 6.45) is 0. The molecule has 72 valence electrons. The van der Waals surface area contributed by atoms with Gasteiger partial charge >= 0.3 is 0 Å². The number of hydrogen-bond donors (Lipinski definition) is 1. The van der Waals surface area contributed by atoms with Gasteiger partial charge in [-0.25, -0.2) is 0 Å². The molecule has 1 atom stereocenters. The highest BCUT2D eigenvalue weighted by Gasteiger charge is 2.11. The molecular formula is C11H16BrN. The minimum absolute atomic E-state index is 0.108.